The highest BCUT2D eigenvalue weighted by atomic mass is 16.6. The third kappa shape index (κ3) is 3.08. The van der Waals surface area contributed by atoms with Crippen molar-refractivity contribution in [2.45, 2.75) is 13.2 Å². The van der Waals surface area contributed by atoms with E-state index in [1.165, 1.54) is 18.2 Å². The number of rotatable bonds is 5. The summed E-state index contributed by atoms with van der Waals surface area (Å²) >= 11 is 0. The molecule has 0 aliphatic carbocycles. The van der Waals surface area contributed by atoms with Gasteiger partial charge in [0.1, 0.15) is 6.61 Å². The number of hydrogen-bond acceptors (Lipinski definition) is 5. The number of nitro groups is 1. The Morgan fingerprint density at radius 2 is 2.26 bits per heavy atom. The fourth-order valence-electron chi connectivity index (χ4n) is 1.63. The summed E-state index contributed by atoms with van der Waals surface area (Å²) in [6.45, 7) is -0.00912. The molecule has 1 aromatic carbocycles. The maximum atomic E-state index is 10.9. The summed E-state index contributed by atoms with van der Waals surface area (Å²) in [6.07, 6.45) is 3.39. The minimum Gasteiger partial charge on any atom is -0.482 e. The molecule has 0 aliphatic heterocycles. The molecule has 7 heteroatoms. The summed E-state index contributed by atoms with van der Waals surface area (Å²) < 4.78 is 7.06. The lowest BCUT2D eigenvalue weighted by molar-refractivity contribution is -0.386. The standard InChI is InChI=1S/C12H13N3O4/c1-14-6-10(5-13-14)8-19-12-4-9(7-16)2-3-11(12)15(17)18/h2-6,16H,7-8H2,1H3. The fraction of sp³-hybridized carbons (Fsp3) is 0.250. The van der Waals surface area contributed by atoms with Crippen molar-refractivity contribution in [1.82, 2.24) is 9.78 Å². The van der Waals surface area contributed by atoms with Crippen molar-refractivity contribution in [3.05, 3.63) is 51.8 Å². The van der Waals surface area contributed by atoms with Crippen molar-refractivity contribution in [2.24, 2.45) is 7.05 Å². The zero-order valence-electron chi connectivity index (χ0n) is 10.3. The first kappa shape index (κ1) is 13.0. The van der Waals surface area contributed by atoms with Gasteiger partial charge in [0.2, 0.25) is 0 Å². The van der Waals surface area contributed by atoms with Crippen LogP contribution in [-0.4, -0.2) is 19.8 Å². The van der Waals surface area contributed by atoms with E-state index in [-0.39, 0.29) is 24.7 Å². The number of nitrogens with zero attached hydrogens (tertiary/aromatic N) is 3. The van der Waals surface area contributed by atoms with Crippen LogP contribution in [0.4, 0.5) is 5.69 Å². The van der Waals surface area contributed by atoms with E-state index in [0.29, 0.717) is 5.56 Å². The molecule has 7 nitrogen and oxygen atoms in total. The predicted octanol–water partition coefficient (Wildman–Crippen LogP) is 1.40. The van der Waals surface area contributed by atoms with Gasteiger partial charge in [0.15, 0.2) is 5.75 Å². The number of hydrogen-bond donors (Lipinski definition) is 1. The average Bonchev–Trinajstić information content (AvgIpc) is 2.81. The largest absolute Gasteiger partial charge is 0.482 e. The second-order valence-corrected chi connectivity index (χ2v) is 4.03. The van der Waals surface area contributed by atoms with Gasteiger partial charge in [-0.1, -0.05) is 0 Å². The summed E-state index contributed by atoms with van der Waals surface area (Å²) in [6, 6.07) is 4.29. The molecule has 2 aromatic rings. The fourth-order valence-corrected chi connectivity index (χ4v) is 1.63. The molecule has 2 rings (SSSR count). The molecule has 1 heterocycles. The molecule has 100 valence electrons. The normalized spacial score (nSPS) is 10.4. The van der Waals surface area contributed by atoms with Gasteiger partial charge in [-0.2, -0.15) is 5.10 Å². The van der Waals surface area contributed by atoms with Crippen LogP contribution < -0.4 is 4.74 Å². The number of nitro benzene ring substituents is 1. The number of aliphatic hydroxyl groups excluding tert-OH is 1. The Bertz CT molecular complexity index is 594. The van der Waals surface area contributed by atoms with Crippen LogP contribution in [0.5, 0.6) is 5.75 Å². The molecule has 1 aromatic heterocycles. The lowest BCUT2D eigenvalue weighted by Gasteiger charge is -2.06. The van der Waals surface area contributed by atoms with Gasteiger partial charge in [0, 0.05) is 24.9 Å². The van der Waals surface area contributed by atoms with E-state index in [2.05, 4.69) is 5.10 Å². The Morgan fingerprint density at radius 1 is 1.47 bits per heavy atom. The van der Waals surface area contributed by atoms with Gasteiger partial charge in [-0.3, -0.25) is 14.8 Å². The van der Waals surface area contributed by atoms with E-state index in [4.69, 9.17) is 9.84 Å². The van der Waals surface area contributed by atoms with Crippen molar-refractivity contribution in [2.75, 3.05) is 0 Å². The highest BCUT2D eigenvalue weighted by Gasteiger charge is 2.15. The van der Waals surface area contributed by atoms with Gasteiger partial charge in [0.25, 0.3) is 0 Å². The first-order valence-electron chi connectivity index (χ1n) is 5.58. The van der Waals surface area contributed by atoms with Crippen LogP contribution in [0.25, 0.3) is 0 Å². The summed E-state index contributed by atoms with van der Waals surface area (Å²) in [5.74, 6) is 0.139. The Balaban J connectivity index is 2.19. The summed E-state index contributed by atoms with van der Waals surface area (Å²) in [7, 11) is 1.78. The quantitative estimate of drug-likeness (QED) is 0.650. The van der Waals surface area contributed by atoms with Crippen molar-refractivity contribution < 1.29 is 14.8 Å². The van der Waals surface area contributed by atoms with Gasteiger partial charge in [-0.05, 0) is 17.7 Å². The smallest absolute Gasteiger partial charge is 0.310 e. The van der Waals surface area contributed by atoms with Crippen molar-refractivity contribution in [3.63, 3.8) is 0 Å². The van der Waals surface area contributed by atoms with Gasteiger partial charge in [-0.25, -0.2) is 0 Å². The minimum atomic E-state index is -0.514. The lowest BCUT2D eigenvalue weighted by Crippen LogP contribution is -1.99. The number of aromatic nitrogens is 2. The zero-order chi connectivity index (χ0) is 13.8. The molecule has 1 N–H and O–H groups in total. The van der Waals surface area contributed by atoms with Crippen molar-refractivity contribution in [1.29, 1.82) is 0 Å². The Hall–Kier alpha value is -2.41. The van der Waals surface area contributed by atoms with Gasteiger partial charge >= 0.3 is 5.69 Å². The van der Waals surface area contributed by atoms with Crippen LogP contribution in [0.15, 0.2) is 30.6 Å². The van der Waals surface area contributed by atoms with Crippen molar-refractivity contribution in [3.8, 4) is 5.75 Å². The molecule has 0 atom stereocenters. The van der Waals surface area contributed by atoms with Crippen LogP contribution in [0.1, 0.15) is 11.1 Å². The van der Waals surface area contributed by atoms with Crippen LogP contribution in [-0.2, 0) is 20.3 Å². The molecule has 0 bridgehead atoms. The number of aliphatic hydroxyl groups is 1. The second-order valence-electron chi connectivity index (χ2n) is 4.03. The van der Waals surface area contributed by atoms with E-state index in [9.17, 15) is 10.1 Å². The maximum absolute atomic E-state index is 10.9. The molecule has 0 amide bonds. The van der Waals surface area contributed by atoms with E-state index in [1.807, 2.05) is 0 Å². The number of ether oxygens (including phenoxy) is 1. The second kappa shape index (κ2) is 5.49. The Morgan fingerprint density at radius 3 is 2.84 bits per heavy atom. The Labute approximate surface area is 109 Å². The SMILES string of the molecule is Cn1cc(COc2cc(CO)ccc2[N+](=O)[O-])cn1. The average molecular weight is 263 g/mol. The number of benzene rings is 1. The van der Waals surface area contributed by atoms with Gasteiger partial charge < -0.3 is 9.84 Å². The third-order valence-electron chi connectivity index (χ3n) is 2.56. The topological polar surface area (TPSA) is 90.4 Å². The molecule has 0 fully saturated rings. The summed E-state index contributed by atoms with van der Waals surface area (Å²) in [5, 5.41) is 23.9. The molecule has 0 spiro atoms. The minimum absolute atomic E-state index is 0.124. The molecule has 19 heavy (non-hydrogen) atoms. The van der Waals surface area contributed by atoms with Crippen LogP contribution in [0, 0.1) is 10.1 Å². The third-order valence-corrected chi connectivity index (χ3v) is 2.56. The summed E-state index contributed by atoms with van der Waals surface area (Å²) in [4.78, 5) is 10.4. The van der Waals surface area contributed by atoms with Gasteiger partial charge in [0.05, 0.1) is 17.7 Å². The molecule has 0 saturated carbocycles. The molecule has 0 aliphatic rings. The van der Waals surface area contributed by atoms with Crippen LogP contribution in [0.2, 0.25) is 0 Å². The highest BCUT2D eigenvalue weighted by molar-refractivity contribution is 5.48. The first-order valence-corrected chi connectivity index (χ1v) is 5.58. The highest BCUT2D eigenvalue weighted by Crippen LogP contribution is 2.28. The molecular weight excluding hydrogens is 250 g/mol. The van der Waals surface area contributed by atoms with E-state index in [1.54, 1.807) is 24.1 Å². The Kier molecular flexibility index (Phi) is 3.76. The number of aryl methyl sites for hydroxylation is 1. The predicted molar refractivity (Wildman–Crippen MR) is 66.6 cm³/mol. The van der Waals surface area contributed by atoms with Crippen LogP contribution in [0.3, 0.4) is 0 Å². The van der Waals surface area contributed by atoms with Crippen molar-refractivity contribution >= 4 is 5.69 Å². The van der Waals surface area contributed by atoms with E-state index >= 15 is 0 Å². The van der Waals surface area contributed by atoms with E-state index < -0.39 is 4.92 Å². The zero-order valence-corrected chi connectivity index (χ0v) is 10.3. The van der Waals surface area contributed by atoms with E-state index in [0.717, 1.165) is 5.56 Å². The van der Waals surface area contributed by atoms with Gasteiger partial charge in [-0.15, -0.1) is 0 Å². The monoisotopic (exact) mass is 263 g/mol. The molecule has 0 saturated heterocycles. The lowest BCUT2D eigenvalue weighted by atomic mass is 10.2. The molecule has 0 unspecified atom stereocenters. The maximum Gasteiger partial charge on any atom is 0.310 e. The summed E-state index contributed by atoms with van der Waals surface area (Å²) in [5.41, 5.74) is 1.25. The first-order chi connectivity index (χ1) is 9.10. The molecule has 0 radical (unpaired) electrons. The van der Waals surface area contributed by atoms with Crippen LogP contribution >= 0.6 is 0 Å². The molecular formula is C12H13N3O4.